The molecule has 2 aliphatic heterocycles. The van der Waals surface area contributed by atoms with Gasteiger partial charge in [0.15, 0.2) is 8.32 Å². The van der Waals surface area contributed by atoms with E-state index >= 15 is 0 Å². The van der Waals surface area contributed by atoms with Gasteiger partial charge in [-0.3, -0.25) is 19.4 Å². The van der Waals surface area contributed by atoms with E-state index in [0.29, 0.717) is 11.3 Å². The summed E-state index contributed by atoms with van der Waals surface area (Å²) in [4.78, 5) is 42.1. The van der Waals surface area contributed by atoms with Crippen molar-refractivity contribution < 1.29 is 33.0 Å². The van der Waals surface area contributed by atoms with Crippen molar-refractivity contribution in [3.05, 3.63) is 59.7 Å². The average Bonchev–Trinajstić information content (AvgIpc) is 2.90. The van der Waals surface area contributed by atoms with E-state index in [9.17, 15) is 14.4 Å². The van der Waals surface area contributed by atoms with Crippen LogP contribution in [0.4, 0.5) is 4.79 Å². The number of fused-ring (bicyclic) bond motifs is 4. The predicted octanol–water partition coefficient (Wildman–Crippen LogP) is 5.55. The number of ether oxygens (including phenoxy) is 3. The first kappa shape index (κ1) is 30.7. The normalized spacial score (nSPS) is 22.2. The molecule has 0 aliphatic carbocycles. The molecule has 2 aromatic rings. The Hall–Kier alpha value is -3.21. The monoisotopic (exact) mass is 582 g/mol. The Morgan fingerprint density at radius 1 is 1.07 bits per heavy atom. The molecule has 1 fully saturated rings. The maximum Gasteiger partial charge on any atom is 0.330 e. The standard InChI is InChI=1S/C31H42N2O7Si/c1-21(34)17-27(35)33-28-24-11-9-10-12-26(24)40-31(32(5)29(33)36,25(28)19-39-41(7,8)30(2,3)4)20-38-18-22-13-15-23(37-6)16-14-22/h9-16,25,28H,17-20H2,1-8H3/t25-,28-,31-/m1/s1. The summed E-state index contributed by atoms with van der Waals surface area (Å²) < 4.78 is 25.0. The molecule has 222 valence electrons. The first-order chi connectivity index (χ1) is 19.2. The number of hydrogen-bond donors (Lipinski definition) is 0. The summed E-state index contributed by atoms with van der Waals surface area (Å²) in [5.41, 5.74) is 0.394. The molecule has 9 nitrogen and oxygen atoms in total. The van der Waals surface area contributed by atoms with Crippen molar-refractivity contribution in [2.24, 2.45) is 5.92 Å². The second-order valence-electron chi connectivity index (χ2n) is 12.4. The molecule has 3 amide bonds. The Bertz CT molecular complexity index is 1290. The van der Waals surface area contributed by atoms with Crippen LogP contribution in [0.15, 0.2) is 48.5 Å². The van der Waals surface area contributed by atoms with Gasteiger partial charge in [0, 0.05) is 19.2 Å². The van der Waals surface area contributed by atoms with Gasteiger partial charge in [-0.2, -0.15) is 0 Å². The molecule has 3 atom stereocenters. The minimum atomic E-state index is -2.24. The maximum atomic E-state index is 13.9. The molecule has 2 aromatic carbocycles. The van der Waals surface area contributed by atoms with E-state index < -0.39 is 37.9 Å². The highest BCUT2D eigenvalue weighted by molar-refractivity contribution is 6.74. The Morgan fingerprint density at radius 2 is 1.73 bits per heavy atom. The summed E-state index contributed by atoms with van der Waals surface area (Å²) in [7, 11) is 1.00. The third kappa shape index (κ3) is 5.91. The van der Waals surface area contributed by atoms with E-state index in [1.165, 1.54) is 16.7 Å². The topological polar surface area (TPSA) is 94.6 Å². The number of methoxy groups -OCH3 is 1. The van der Waals surface area contributed by atoms with Crippen molar-refractivity contribution in [2.45, 2.75) is 70.6 Å². The van der Waals surface area contributed by atoms with Crippen LogP contribution in [0, 0.1) is 5.92 Å². The van der Waals surface area contributed by atoms with Gasteiger partial charge in [-0.05, 0) is 48.8 Å². The number of imide groups is 1. The van der Waals surface area contributed by atoms with Crippen LogP contribution in [0.3, 0.4) is 0 Å². The fraction of sp³-hybridized carbons (Fsp3) is 0.516. The number of Topliss-reactive ketones (excluding diaryl/α,β-unsaturated/α-hetero) is 1. The number of amides is 3. The van der Waals surface area contributed by atoms with Gasteiger partial charge in [0.25, 0.3) is 0 Å². The van der Waals surface area contributed by atoms with Crippen LogP contribution in [0.2, 0.25) is 18.1 Å². The van der Waals surface area contributed by atoms with E-state index in [1.807, 2.05) is 48.5 Å². The number of para-hydroxylation sites is 1. The molecule has 0 saturated carbocycles. The van der Waals surface area contributed by atoms with Crippen LogP contribution in [0.1, 0.15) is 51.3 Å². The zero-order valence-corrected chi connectivity index (χ0v) is 26.4. The van der Waals surface area contributed by atoms with Crippen LogP contribution in [-0.2, 0) is 25.4 Å². The van der Waals surface area contributed by atoms with Crippen LogP contribution in [0.25, 0.3) is 0 Å². The summed E-state index contributed by atoms with van der Waals surface area (Å²) in [5, 5.41) is -0.0561. The Kier molecular flexibility index (Phi) is 8.68. The number of ketones is 1. The molecule has 41 heavy (non-hydrogen) atoms. The highest BCUT2D eigenvalue weighted by Crippen LogP contribution is 2.52. The third-order valence-electron chi connectivity index (χ3n) is 8.66. The average molecular weight is 583 g/mol. The van der Waals surface area contributed by atoms with E-state index in [2.05, 4.69) is 33.9 Å². The molecule has 1 saturated heterocycles. The molecular formula is C31H42N2O7Si. The fourth-order valence-corrected chi connectivity index (χ4v) is 6.22. The van der Waals surface area contributed by atoms with Gasteiger partial charge in [-0.15, -0.1) is 0 Å². The first-order valence-corrected chi connectivity index (χ1v) is 16.8. The summed E-state index contributed by atoms with van der Waals surface area (Å²) in [6.07, 6.45) is -0.365. The molecule has 2 bridgehead atoms. The highest BCUT2D eigenvalue weighted by atomic mass is 28.4. The number of likely N-dealkylation sites (N-methyl/N-ethyl adjacent to an activating group) is 1. The minimum Gasteiger partial charge on any atom is -0.497 e. The van der Waals surface area contributed by atoms with Crippen molar-refractivity contribution in [2.75, 3.05) is 27.4 Å². The van der Waals surface area contributed by atoms with Crippen molar-refractivity contribution in [3.8, 4) is 11.5 Å². The molecular weight excluding hydrogens is 540 g/mol. The molecule has 0 unspecified atom stereocenters. The number of carbonyl (C=O) groups is 3. The van der Waals surface area contributed by atoms with Crippen LogP contribution in [-0.4, -0.2) is 68.9 Å². The quantitative estimate of drug-likeness (QED) is 0.268. The summed E-state index contributed by atoms with van der Waals surface area (Å²) >= 11 is 0. The van der Waals surface area contributed by atoms with Crippen LogP contribution in [0.5, 0.6) is 11.5 Å². The second-order valence-corrected chi connectivity index (χ2v) is 17.2. The maximum absolute atomic E-state index is 13.9. The molecule has 10 heteroatoms. The van der Waals surface area contributed by atoms with Crippen molar-refractivity contribution in [1.29, 1.82) is 0 Å². The van der Waals surface area contributed by atoms with Gasteiger partial charge in [0.05, 0.1) is 32.1 Å². The molecule has 0 N–H and O–H groups in total. The van der Waals surface area contributed by atoms with E-state index in [1.54, 1.807) is 14.2 Å². The minimum absolute atomic E-state index is 0.0480. The molecule has 0 aromatic heterocycles. The summed E-state index contributed by atoms with van der Waals surface area (Å²) in [6, 6.07) is 13.8. The Balaban J connectivity index is 1.77. The molecule has 4 rings (SSSR count). The van der Waals surface area contributed by atoms with E-state index in [0.717, 1.165) is 11.3 Å². The van der Waals surface area contributed by atoms with Gasteiger partial charge >= 0.3 is 6.03 Å². The largest absolute Gasteiger partial charge is 0.497 e. The number of hydrogen-bond acceptors (Lipinski definition) is 7. The SMILES string of the molecule is COc1ccc(COC[C@@]23Oc4ccccc4[C@H]([C@H]2CO[Si](C)(C)C(C)(C)C)N(C(=O)CC(C)=O)C(=O)N3C)cc1. The van der Waals surface area contributed by atoms with Crippen molar-refractivity contribution in [1.82, 2.24) is 9.80 Å². The smallest absolute Gasteiger partial charge is 0.330 e. The zero-order valence-electron chi connectivity index (χ0n) is 25.4. The van der Waals surface area contributed by atoms with Crippen LogP contribution < -0.4 is 9.47 Å². The van der Waals surface area contributed by atoms with E-state index in [4.69, 9.17) is 18.6 Å². The van der Waals surface area contributed by atoms with Crippen molar-refractivity contribution in [3.63, 3.8) is 0 Å². The highest BCUT2D eigenvalue weighted by Gasteiger charge is 2.63. The lowest BCUT2D eigenvalue weighted by atomic mass is 9.78. The Labute approximate surface area is 243 Å². The van der Waals surface area contributed by atoms with Crippen molar-refractivity contribution >= 4 is 26.0 Å². The number of nitrogens with zero attached hydrogens (tertiary/aromatic N) is 2. The Morgan fingerprint density at radius 3 is 2.34 bits per heavy atom. The number of rotatable bonds is 10. The number of urea groups is 1. The lowest BCUT2D eigenvalue weighted by Crippen LogP contribution is -2.74. The summed E-state index contributed by atoms with van der Waals surface area (Å²) in [6.45, 7) is 12.8. The molecule has 2 aliphatic rings. The lowest BCUT2D eigenvalue weighted by molar-refractivity contribution is -0.202. The molecule has 0 spiro atoms. The van der Waals surface area contributed by atoms with Crippen LogP contribution >= 0.6 is 0 Å². The van der Waals surface area contributed by atoms with Gasteiger partial charge in [0.2, 0.25) is 11.6 Å². The lowest BCUT2D eigenvalue weighted by Gasteiger charge is -2.58. The van der Waals surface area contributed by atoms with Gasteiger partial charge in [-0.25, -0.2) is 4.79 Å². The fourth-order valence-electron chi connectivity index (χ4n) is 5.19. The third-order valence-corrected chi connectivity index (χ3v) is 13.2. The van der Waals surface area contributed by atoms with Gasteiger partial charge in [-0.1, -0.05) is 51.1 Å². The van der Waals surface area contributed by atoms with Gasteiger partial charge in [0.1, 0.15) is 23.9 Å². The summed E-state index contributed by atoms with van der Waals surface area (Å²) in [5.74, 6) is -0.0195. The predicted molar refractivity (Wildman–Crippen MR) is 157 cm³/mol. The van der Waals surface area contributed by atoms with E-state index in [-0.39, 0.29) is 37.1 Å². The number of benzene rings is 2. The number of carbonyl (C=O) groups excluding carboxylic acids is 3. The first-order valence-electron chi connectivity index (χ1n) is 13.9. The zero-order chi connectivity index (χ0) is 30.2. The molecule has 0 radical (unpaired) electrons. The molecule has 2 heterocycles. The second kappa shape index (κ2) is 11.6. The van der Waals surface area contributed by atoms with Gasteiger partial charge < -0.3 is 18.6 Å².